The van der Waals surface area contributed by atoms with Crippen LogP contribution in [0.5, 0.6) is 0 Å². The summed E-state index contributed by atoms with van der Waals surface area (Å²) in [6.45, 7) is 3.86. The van der Waals surface area contributed by atoms with Gasteiger partial charge >= 0.3 is 6.18 Å². The minimum Gasteiger partial charge on any atom is -0.343 e. The lowest BCUT2D eigenvalue weighted by Gasteiger charge is -2.34. The van der Waals surface area contributed by atoms with Gasteiger partial charge in [-0.2, -0.15) is 13.2 Å². The molecule has 0 radical (unpaired) electrons. The molecule has 8 heteroatoms. The molecular weight excluding hydrogens is 347 g/mol. The van der Waals surface area contributed by atoms with Crippen LogP contribution in [-0.2, 0) is 11.0 Å². The van der Waals surface area contributed by atoms with Gasteiger partial charge in [-0.05, 0) is 44.5 Å². The number of hydrogen-bond acceptors (Lipinski definition) is 3. The predicted molar refractivity (Wildman–Crippen MR) is 91.7 cm³/mol. The van der Waals surface area contributed by atoms with Crippen molar-refractivity contribution in [2.45, 2.75) is 38.4 Å². The van der Waals surface area contributed by atoms with Gasteiger partial charge in [0.05, 0.1) is 17.7 Å². The lowest BCUT2D eigenvalue weighted by atomic mass is 10.0. The van der Waals surface area contributed by atoms with Gasteiger partial charge in [-0.3, -0.25) is 9.59 Å². The van der Waals surface area contributed by atoms with Gasteiger partial charge in [0.25, 0.3) is 5.91 Å². The first-order valence-electron chi connectivity index (χ1n) is 8.79. The maximum absolute atomic E-state index is 13.0. The highest BCUT2D eigenvalue weighted by atomic mass is 19.4. The molecule has 2 rings (SSSR count). The average molecular weight is 371 g/mol. The molecule has 1 heterocycles. The monoisotopic (exact) mass is 371 g/mol. The predicted octanol–water partition coefficient (Wildman–Crippen LogP) is 2.43. The molecule has 0 aliphatic carbocycles. The van der Waals surface area contributed by atoms with Gasteiger partial charge in [0.1, 0.15) is 0 Å². The Morgan fingerprint density at radius 1 is 1.23 bits per heavy atom. The van der Waals surface area contributed by atoms with Crippen molar-refractivity contribution in [1.82, 2.24) is 15.5 Å². The number of nitrogens with one attached hydrogen (secondary N) is 2. The number of alkyl halides is 3. The largest absolute Gasteiger partial charge is 0.417 e. The zero-order valence-electron chi connectivity index (χ0n) is 14.7. The Kier molecular flexibility index (Phi) is 7.02. The van der Waals surface area contributed by atoms with Crippen molar-refractivity contribution in [2.75, 3.05) is 26.2 Å². The summed E-state index contributed by atoms with van der Waals surface area (Å²) in [6.07, 6.45) is -2.19. The van der Waals surface area contributed by atoms with Crippen LogP contribution >= 0.6 is 0 Å². The van der Waals surface area contributed by atoms with E-state index in [1.54, 1.807) is 4.90 Å². The first kappa shape index (κ1) is 20.2. The Morgan fingerprint density at radius 3 is 2.50 bits per heavy atom. The molecule has 0 atom stereocenters. The first-order chi connectivity index (χ1) is 12.3. The third-order valence-electron chi connectivity index (χ3n) is 4.41. The Bertz CT molecular complexity index is 628. The normalized spacial score (nSPS) is 15.5. The molecule has 0 saturated carbocycles. The van der Waals surface area contributed by atoms with Gasteiger partial charge in [0.15, 0.2) is 0 Å². The number of hydrogen-bond donors (Lipinski definition) is 2. The van der Waals surface area contributed by atoms with Crippen LogP contribution in [0.25, 0.3) is 0 Å². The maximum Gasteiger partial charge on any atom is 0.417 e. The van der Waals surface area contributed by atoms with Crippen molar-refractivity contribution in [1.29, 1.82) is 0 Å². The lowest BCUT2D eigenvalue weighted by Crippen LogP contribution is -2.49. The third kappa shape index (κ3) is 5.20. The Hall–Kier alpha value is -2.09. The number of amides is 2. The van der Waals surface area contributed by atoms with Crippen LogP contribution in [0.4, 0.5) is 13.2 Å². The van der Waals surface area contributed by atoms with E-state index in [2.05, 4.69) is 10.6 Å². The number of piperidine rings is 1. The molecule has 2 N–H and O–H groups in total. The van der Waals surface area contributed by atoms with Crippen molar-refractivity contribution >= 4 is 11.8 Å². The zero-order valence-corrected chi connectivity index (χ0v) is 14.7. The fraction of sp³-hybridized carbons (Fsp3) is 0.556. The molecule has 5 nitrogen and oxygen atoms in total. The summed E-state index contributed by atoms with van der Waals surface area (Å²) < 4.78 is 39.1. The summed E-state index contributed by atoms with van der Waals surface area (Å²) in [4.78, 5) is 26.4. The standard InChI is InChI=1S/C18H24F3N3O2/c1-2-11-24(13-7-9-22-10-8-13)16(25)12-23-17(26)14-5-3-4-6-15(14)18(19,20)21/h3-6,13,22H,2,7-12H2,1H3,(H,23,26). The molecule has 0 spiro atoms. The maximum atomic E-state index is 13.0. The van der Waals surface area contributed by atoms with E-state index in [-0.39, 0.29) is 18.5 Å². The van der Waals surface area contributed by atoms with Crippen LogP contribution in [0.15, 0.2) is 24.3 Å². The summed E-state index contributed by atoms with van der Waals surface area (Å²) in [6, 6.07) is 4.66. The van der Waals surface area contributed by atoms with Crippen LogP contribution < -0.4 is 10.6 Å². The van der Waals surface area contributed by atoms with Gasteiger partial charge < -0.3 is 15.5 Å². The third-order valence-corrected chi connectivity index (χ3v) is 4.41. The quantitative estimate of drug-likeness (QED) is 0.807. The Balaban J connectivity index is 2.02. The highest BCUT2D eigenvalue weighted by Crippen LogP contribution is 2.31. The number of nitrogens with zero attached hydrogens (tertiary/aromatic N) is 1. The van der Waals surface area contributed by atoms with Crippen LogP contribution in [0.3, 0.4) is 0 Å². The lowest BCUT2D eigenvalue weighted by molar-refractivity contribution is -0.137. The molecule has 1 aromatic rings. The van der Waals surface area contributed by atoms with E-state index in [9.17, 15) is 22.8 Å². The van der Waals surface area contributed by atoms with Crippen molar-refractivity contribution in [3.8, 4) is 0 Å². The van der Waals surface area contributed by atoms with Gasteiger partial charge in [-0.15, -0.1) is 0 Å². The van der Waals surface area contributed by atoms with Gasteiger partial charge in [-0.1, -0.05) is 19.1 Å². The number of carbonyl (C=O) groups excluding carboxylic acids is 2. The molecule has 1 saturated heterocycles. The van der Waals surface area contributed by atoms with Crippen LogP contribution in [0.1, 0.15) is 42.1 Å². The molecule has 2 amide bonds. The average Bonchev–Trinajstić information content (AvgIpc) is 2.64. The molecule has 144 valence electrons. The molecule has 1 fully saturated rings. The fourth-order valence-electron chi connectivity index (χ4n) is 3.15. The van der Waals surface area contributed by atoms with Crippen molar-refractivity contribution < 1.29 is 22.8 Å². The topological polar surface area (TPSA) is 61.4 Å². The minimum absolute atomic E-state index is 0.100. The molecule has 26 heavy (non-hydrogen) atoms. The Morgan fingerprint density at radius 2 is 1.88 bits per heavy atom. The van der Waals surface area contributed by atoms with Crippen LogP contribution in [-0.4, -0.2) is 48.9 Å². The smallest absolute Gasteiger partial charge is 0.343 e. The second-order valence-electron chi connectivity index (χ2n) is 6.29. The number of halogens is 3. The van der Waals surface area contributed by atoms with E-state index in [1.807, 2.05) is 6.92 Å². The zero-order chi connectivity index (χ0) is 19.2. The van der Waals surface area contributed by atoms with Crippen LogP contribution in [0.2, 0.25) is 0 Å². The van der Waals surface area contributed by atoms with Gasteiger partial charge in [0, 0.05) is 12.6 Å². The van der Waals surface area contributed by atoms with Crippen molar-refractivity contribution in [3.63, 3.8) is 0 Å². The first-order valence-corrected chi connectivity index (χ1v) is 8.79. The van der Waals surface area contributed by atoms with E-state index in [0.29, 0.717) is 6.54 Å². The summed E-state index contributed by atoms with van der Waals surface area (Å²) in [5.41, 5.74) is -1.48. The van der Waals surface area contributed by atoms with E-state index in [4.69, 9.17) is 0 Å². The number of rotatable bonds is 6. The molecule has 1 aliphatic heterocycles. The summed E-state index contributed by atoms with van der Waals surface area (Å²) in [7, 11) is 0. The van der Waals surface area contributed by atoms with Crippen LogP contribution in [0, 0.1) is 0 Å². The molecule has 0 unspecified atom stereocenters. The molecular formula is C18H24F3N3O2. The van der Waals surface area contributed by atoms with E-state index in [0.717, 1.165) is 44.5 Å². The second kappa shape index (κ2) is 9.02. The fourth-order valence-corrected chi connectivity index (χ4v) is 3.15. The molecule has 0 aromatic heterocycles. The minimum atomic E-state index is -4.62. The molecule has 0 bridgehead atoms. The highest BCUT2D eigenvalue weighted by molar-refractivity contribution is 5.97. The Labute approximate surface area is 150 Å². The molecule has 1 aliphatic rings. The van der Waals surface area contributed by atoms with E-state index >= 15 is 0 Å². The van der Waals surface area contributed by atoms with E-state index in [1.165, 1.54) is 12.1 Å². The summed E-state index contributed by atoms with van der Waals surface area (Å²) >= 11 is 0. The molecule has 1 aromatic carbocycles. The summed E-state index contributed by atoms with van der Waals surface area (Å²) in [5, 5.41) is 5.57. The van der Waals surface area contributed by atoms with Gasteiger partial charge in [0.2, 0.25) is 5.91 Å². The van der Waals surface area contributed by atoms with E-state index < -0.39 is 23.2 Å². The number of carbonyl (C=O) groups is 2. The van der Waals surface area contributed by atoms with Crippen molar-refractivity contribution in [2.24, 2.45) is 0 Å². The van der Waals surface area contributed by atoms with Crippen molar-refractivity contribution in [3.05, 3.63) is 35.4 Å². The summed E-state index contributed by atoms with van der Waals surface area (Å²) in [5.74, 6) is -1.16. The second-order valence-corrected chi connectivity index (χ2v) is 6.29. The number of benzene rings is 1. The SMILES string of the molecule is CCCN(C(=O)CNC(=O)c1ccccc1C(F)(F)F)C1CCNCC1. The van der Waals surface area contributed by atoms with Gasteiger partial charge in [-0.25, -0.2) is 0 Å². The highest BCUT2D eigenvalue weighted by Gasteiger charge is 2.35.